The van der Waals surface area contributed by atoms with Crippen molar-refractivity contribution < 1.29 is 9.59 Å². The molecule has 2 amide bonds. The third-order valence-electron chi connectivity index (χ3n) is 4.28. The lowest BCUT2D eigenvalue weighted by Crippen LogP contribution is -2.36. The number of rotatable bonds is 5. The number of hydrogen-bond acceptors (Lipinski definition) is 2. The van der Waals surface area contributed by atoms with Gasteiger partial charge in [-0.1, -0.05) is 43.3 Å². The van der Waals surface area contributed by atoms with Crippen LogP contribution in [0.3, 0.4) is 0 Å². The molecule has 0 unspecified atom stereocenters. The zero-order valence-electron chi connectivity index (χ0n) is 14.1. The molecule has 0 radical (unpaired) electrons. The quantitative estimate of drug-likeness (QED) is 0.625. The molecule has 0 aliphatic rings. The minimum Gasteiger partial charge on any atom is -0.361 e. The summed E-state index contributed by atoms with van der Waals surface area (Å²) in [5.74, 6) is -0.952. The third kappa shape index (κ3) is 4.07. The Kier molecular flexibility index (Phi) is 5.14. The van der Waals surface area contributed by atoms with Gasteiger partial charge in [0.2, 0.25) is 0 Å². The summed E-state index contributed by atoms with van der Waals surface area (Å²) in [6.07, 6.45) is 2.57. The zero-order chi connectivity index (χ0) is 17.6. The average molecular weight is 335 g/mol. The number of anilines is 1. The van der Waals surface area contributed by atoms with E-state index in [0.717, 1.165) is 17.3 Å². The van der Waals surface area contributed by atoms with Crippen LogP contribution in [0.1, 0.15) is 24.8 Å². The maximum absolute atomic E-state index is 12.1. The Balaban J connectivity index is 1.51. The van der Waals surface area contributed by atoms with Gasteiger partial charge in [-0.2, -0.15) is 0 Å². The molecule has 5 heteroatoms. The Morgan fingerprint density at radius 1 is 1.00 bits per heavy atom. The second kappa shape index (κ2) is 7.66. The third-order valence-corrected chi connectivity index (χ3v) is 4.28. The predicted octanol–water partition coefficient (Wildman–Crippen LogP) is 3.42. The van der Waals surface area contributed by atoms with Crippen LogP contribution >= 0.6 is 0 Å². The number of nitrogens with one attached hydrogen (secondary N) is 3. The lowest BCUT2D eigenvalue weighted by atomic mass is 9.98. The highest BCUT2D eigenvalue weighted by Gasteiger charge is 2.15. The molecule has 1 aromatic heterocycles. The van der Waals surface area contributed by atoms with Crippen molar-refractivity contribution in [3.63, 3.8) is 0 Å². The Morgan fingerprint density at radius 2 is 1.80 bits per heavy atom. The summed E-state index contributed by atoms with van der Waals surface area (Å²) >= 11 is 0. The minimum absolute atomic E-state index is 0.318. The van der Waals surface area contributed by atoms with Crippen LogP contribution in [0.25, 0.3) is 10.9 Å². The van der Waals surface area contributed by atoms with Crippen LogP contribution < -0.4 is 10.6 Å². The SMILES string of the molecule is C[C@@H](CCNC(=O)C(=O)Nc1cccc2[nH]ccc12)c1ccccc1. The molecule has 128 valence electrons. The average Bonchev–Trinajstić information content (AvgIpc) is 3.12. The number of aromatic nitrogens is 1. The van der Waals surface area contributed by atoms with E-state index < -0.39 is 11.8 Å². The van der Waals surface area contributed by atoms with E-state index in [9.17, 15) is 9.59 Å². The molecule has 0 aliphatic heterocycles. The number of carbonyl (C=O) groups excluding carboxylic acids is 2. The second-order valence-corrected chi connectivity index (χ2v) is 6.05. The summed E-state index contributed by atoms with van der Waals surface area (Å²) < 4.78 is 0. The van der Waals surface area contributed by atoms with E-state index in [1.54, 1.807) is 12.3 Å². The first-order valence-electron chi connectivity index (χ1n) is 8.35. The van der Waals surface area contributed by atoms with Crippen LogP contribution in [0, 0.1) is 0 Å². The number of carbonyl (C=O) groups is 2. The number of benzene rings is 2. The van der Waals surface area contributed by atoms with E-state index in [1.165, 1.54) is 5.56 Å². The van der Waals surface area contributed by atoms with Crippen molar-refractivity contribution in [1.82, 2.24) is 10.3 Å². The number of hydrogen-bond donors (Lipinski definition) is 3. The molecule has 25 heavy (non-hydrogen) atoms. The molecule has 2 aromatic carbocycles. The Morgan fingerprint density at radius 3 is 2.60 bits per heavy atom. The molecule has 3 N–H and O–H groups in total. The summed E-state index contributed by atoms with van der Waals surface area (Å²) in [6.45, 7) is 2.56. The summed E-state index contributed by atoms with van der Waals surface area (Å²) in [5, 5.41) is 6.23. The molecule has 1 atom stereocenters. The van der Waals surface area contributed by atoms with Gasteiger partial charge in [-0.3, -0.25) is 9.59 Å². The van der Waals surface area contributed by atoms with Crippen LogP contribution in [-0.4, -0.2) is 23.3 Å². The highest BCUT2D eigenvalue weighted by atomic mass is 16.2. The fourth-order valence-corrected chi connectivity index (χ4v) is 2.80. The maximum atomic E-state index is 12.1. The number of amides is 2. The van der Waals surface area contributed by atoms with Crippen molar-refractivity contribution in [3.05, 3.63) is 66.4 Å². The molecule has 3 rings (SSSR count). The summed E-state index contributed by atoms with van der Waals surface area (Å²) in [4.78, 5) is 27.2. The highest BCUT2D eigenvalue weighted by Crippen LogP contribution is 2.22. The van der Waals surface area contributed by atoms with Crippen molar-refractivity contribution in [2.24, 2.45) is 0 Å². The monoisotopic (exact) mass is 335 g/mol. The molecule has 0 saturated heterocycles. The van der Waals surface area contributed by atoms with Crippen LogP contribution in [0.15, 0.2) is 60.8 Å². The van der Waals surface area contributed by atoms with Crippen molar-refractivity contribution in [2.45, 2.75) is 19.3 Å². The fourth-order valence-electron chi connectivity index (χ4n) is 2.80. The normalized spacial score (nSPS) is 11.9. The Bertz CT molecular complexity index is 871. The van der Waals surface area contributed by atoms with E-state index in [-0.39, 0.29) is 0 Å². The Hall–Kier alpha value is -3.08. The largest absolute Gasteiger partial charge is 0.361 e. The van der Waals surface area contributed by atoms with Gasteiger partial charge in [-0.05, 0) is 36.1 Å². The Labute approximate surface area is 146 Å². The first-order chi connectivity index (χ1) is 12.1. The van der Waals surface area contributed by atoms with Crippen LogP contribution in [0.4, 0.5) is 5.69 Å². The molecule has 3 aromatic rings. The summed E-state index contributed by atoms with van der Waals surface area (Å²) in [5.41, 5.74) is 2.76. The summed E-state index contributed by atoms with van der Waals surface area (Å²) in [7, 11) is 0. The van der Waals surface area contributed by atoms with Gasteiger partial charge in [-0.15, -0.1) is 0 Å². The molecule has 1 heterocycles. The summed E-state index contributed by atoms with van der Waals surface area (Å²) in [6, 6.07) is 17.5. The van der Waals surface area contributed by atoms with Gasteiger partial charge < -0.3 is 15.6 Å². The number of H-pyrrole nitrogens is 1. The molecule has 0 bridgehead atoms. The second-order valence-electron chi connectivity index (χ2n) is 6.05. The first kappa shape index (κ1) is 16.8. The predicted molar refractivity (Wildman–Crippen MR) is 99.4 cm³/mol. The topological polar surface area (TPSA) is 74.0 Å². The van der Waals surface area contributed by atoms with E-state index in [1.807, 2.05) is 36.4 Å². The van der Waals surface area contributed by atoms with Crippen molar-refractivity contribution in [3.8, 4) is 0 Å². The molecule has 0 saturated carbocycles. The van der Waals surface area contributed by atoms with Gasteiger partial charge in [0.05, 0.1) is 5.69 Å². The smallest absolute Gasteiger partial charge is 0.313 e. The molecule has 0 spiro atoms. The van der Waals surface area contributed by atoms with Gasteiger partial charge in [0.25, 0.3) is 0 Å². The maximum Gasteiger partial charge on any atom is 0.313 e. The zero-order valence-corrected chi connectivity index (χ0v) is 14.1. The molecular formula is C20H21N3O2. The minimum atomic E-state index is -0.652. The number of aromatic amines is 1. The molecule has 0 fully saturated rings. The van der Waals surface area contributed by atoms with E-state index >= 15 is 0 Å². The standard InChI is InChI=1S/C20H21N3O2/c1-14(15-6-3-2-4-7-15)10-12-22-19(24)20(25)23-18-9-5-8-17-16(18)11-13-21-17/h2-9,11,13-14,21H,10,12H2,1H3,(H,22,24)(H,23,25)/t14-/m0/s1. The van der Waals surface area contributed by atoms with Gasteiger partial charge in [0.1, 0.15) is 0 Å². The lowest BCUT2D eigenvalue weighted by molar-refractivity contribution is -0.136. The molecule has 0 aliphatic carbocycles. The van der Waals surface area contributed by atoms with Crippen molar-refractivity contribution in [1.29, 1.82) is 0 Å². The molecular weight excluding hydrogens is 314 g/mol. The van der Waals surface area contributed by atoms with Gasteiger partial charge in [0, 0.05) is 23.6 Å². The highest BCUT2D eigenvalue weighted by molar-refractivity contribution is 6.40. The van der Waals surface area contributed by atoms with E-state index in [2.05, 4.69) is 34.7 Å². The van der Waals surface area contributed by atoms with Crippen LogP contribution in [0.5, 0.6) is 0 Å². The van der Waals surface area contributed by atoms with Crippen LogP contribution in [-0.2, 0) is 9.59 Å². The van der Waals surface area contributed by atoms with Gasteiger partial charge in [-0.25, -0.2) is 0 Å². The molecule has 5 nitrogen and oxygen atoms in total. The van der Waals surface area contributed by atoms with Crippen molar-refractivity contribution >= 4 is 28.4 Å². The van der Waals surface area contributed by atoms with Gasteiger partial charge >= 0.3 is 11.8 Å². The van der Waals surface area contributed by atoms with E-state index in [0.29, 0.717) is 18.2 Å². The number of fused-ring (bicyclic) bond motifs is 1. The van der Waals surface area contributed by atoms with Gasteiger partial charge in [0.15, 0.2) is 0 Å². The lowest BCUT2D eigenvalue weighted by Gasteiger charge is -2.12. The van der Waals surface area contributed by atoms with Crippen molar-refractivity contribution in [2.75, 3.05) is 11.9 Å². The fraction of sp³-hybridized carbons (Fsp3) is 0.200. The van der Waals surface area contributed by atoms with E-state index in [4.69, 9.17) is 0 Å². The van der Waals surface area contributed by atoms with Crippen LogP contribution in [0.2, 0.25) is 0 Å². The first-order valence-corrected chi connectivity index (χ1v) is 8.35.